The lowest BCUT2D eigenvalue weighted by Crippen LogP contribution is -2.28. The third kappa shape index (κ3) is 4.11. The number of hydrogen-bond acceptors (Lipinski definition) is 2. The van der Waals surface area contributed by atoms with Crippen LogP contribution >= 0.6 is 0 Å². The molecule has 29 heavy (non-hydrogen) atoms. The van der Waals surface area contributed by atoms with E-state index in [4.69, 9.17) is 4.74 Å². The zero-order valence-electron chi connectivity index (χ0n) is 16.3. The van der Waals surface area contributed by atoms with Crippen molar-refractivity contribution < 1.29 is 22.7 Å². The molecule has 2 aromatic carbocycles. The topological polar surface area (TPSA) is 38.3 Å². The Labute approximate surface area is 168 Å². The Morgan fingerprint density at radius 3 is 2.52 bits per heavy atom. The van der Waals surface area contributed by atoms with Crippen LogP contribution in [0.5, 0.6) is 11.5 Å². The number of ether oxygens (including phenoxy) is 1. The molecule has 2 aromatic rings. The first-order valence-electron chi connectivity index (χ1n) is 10.2. The fraction of sp³-hybridized carbons (Fsp3) is 0.435. The summed E-state index contributed by atoms with van der Waals surface area (Å²) in [6.45, 7) is 2.15. The highest BCUT2D eigenvalue weighted by Crippen LogP contribution is 2.44. The molecule has 0 radical (unpaired) electrons. The second-order valence-corrected chi connectivity index (χ2v) is 8.00. The van der Waals surface area contributed by atoms with E-state index >= 15 is 0 Å². The molecular formula is C23H24F3NO2. The minimum absolute atomic E-state index is 0.153. The highest BCUT2D eigenvalue weighted by molar-refractivity contribution is 5.94. The largest absolute Gasteiger partial charge is 0.457 e. The van der Waals surface area contributed by atoms with E-state index in [1.54, 1.807) is 12.1 Å². The summed E-state index contributed by atoms with van der Waals surface area (Å²) in [5, 5.41) is 2.80. The van der Waals surface area contributed by atoms with Crippen LogP contribution in [0, 0.1) is 11.8 Å². The van der Waals surface area contributed by atoms with Gasteiger partial charge in [-0.15, -0.1) is 0 Å². The number of fused-ring (bicyclic) bond motifs is 2. The minimum Gasteiger partial charge on any atom is -0.457 e. The maximum absolute atomic E-state index is 13.4. The highest BCUT2D eigenvalue weighted by atomic mass is 19.4. The Morgan fingerprint density at radius 1 is 1.10 bits per heavy atom. The molecule has 2 aliphatic rings. The van der Waals surface area contributed by atoms with Gasteiger partial charge in [-0.05, 0) is 55.4 Å². The van der Waals surface area contributed by atoms with E-state index < -0.39 is 11.7 Å². The molecule has 0 bridgehead atoms. The fourth-order valence-corrected chi connectivity index (χ4v) is 4.32. The second-order valence-electron chi connectivity index (χ2n) is 8.00. The van der Waals surface area contributed by atoms with Crippen LogP contribution in [0.2, 0.25) is 0 Å². The van der Waals surface area contributed by atoms with Crippen molar-refractivity contribution in [2.75, 3.05) is 5.32 Å². The number of nitrogens with one attached hydrogen (secondary N) is 1. The van der Waals surface area contributed by atoms with E-state index in [0.717, 1.165) is 49.8 Å². The normalized spacial score (nSPS) is 21.0. The van der Waals surface area contributed by atoms with Gasteiger partial charge in [-0.2, -0.15) is 13.2 Å². The van der Waals surface area contributed by atoms with Crippen molar-refractivity contribution >= 4 is 11.6 Å². The lowest BCUT2D eigenvalue weighted by molar-refractivity contribution is -0.137. The summed E-state index contributed by atoms with van der Waals surface area (Å²) in [7, 11) is 0. The van der Waals surface area contributed by atoms with Gasteiger partial charge in [-0.25, -0.2) is 0 Å². The number of para-hydroxylation sites is 1. The van der Waals surface area contributed by atoms with Crippen LogP contribution in [0.15, 0.2) is 36.4 Å². The zero-order chi connectivity index (χ0) is 20.6. The third-order valence-electron chi connectivity index (χ3n) is 6.15. The molecule has 0 saturated heterocycles. The summed E-state index contributed by atoms with van der Waals surface area (Å²) in [5.41, 5.74) is 0.860. The molecule has 0 spiro atoms. The number of alkyl halides is 3. The van der Waals surface area contributed by atoms with Crippen LogP contribution in [0.4, 0.5) is 18.9 Å². The molecule has 1 fully saturated rings. The van der Waals surface area contributed by atoms with Gasteiger partial charge in [-0.3, -0.25) is 4.79 Å². The molecule has 1 N–H and O–H groups in total. The smallest absolute Gasteiger partial charge is 0.416 e. The molecule has 1 aliphatic carbocycles. The fourth-order valence-electron chi connectivity index (χ4n) is 4.32. The number of amides is 1. The molecule has 0 unspecified atom stereocenters. The Bertz CT molecular complexity index is 915. The molecule has 1 amide bonds. The first-order valence-corrected chi connectivity index (χ1v) is 10.2. The van der Waals surface area contributed by atoms with Crippen LogP contribution in [-0.4, -0.2) is 5.91 Å². The molecular weight excluding hydrogens is 379 g/mol. The van der Waals surface area contributed by atoms with Gasteiger partial charge in [0.1, 0.15) is 11.5 Å². The SMILES string of the molecule is CCC1CCC(C(=O)Nc2cc(C(F)(F)F)cc3c2Cc2ccccc2O3)CC1. The van der Waals surface area contributed by atoms with Gasteiger partial charge >= 0.3 is 6.18 Å². The Morgan fingerprint density at radius 2 is 1.83 bits per heavy atom. The van der Waals surface area contributed by atoms with E-state index in [0.29, 0.717) is 23.7 Å². The maximum Gasteiger partial charge on any atom is 0.416 e. The first kappa shape index (κ1) is 19.8. The quantitative estimate of drug-likeness (QED) is 0.538. The molecule has 0 atom stereocenters. The van der Waals surface area contributed by atoms with Crippen molar-refractivity contribution in [3.63, 3.8) is 0 Å². The molecule has 0 aromatic heterocycles. The summed E-state index contributed by atoms with van der Waals surface area (Å²) in [6, 6.07) is 9.32. The summed E-state index contributed by atoms with van der Waals surface area (Å²) in [6.07, 6.45) is 0.551. The van der Waals surface area contributed by atoms with Gasteiger partial charge in [0, 0.05) is 23.6 Å². The predicted octanol–water partition coefficient (Wildman–Crippen LogP) is 6.56. The van der Waals surface area contributed by atoms with Gasteiger partial charge in [-0.1, -0.05) is 31.5 Å². The van der Waals surface area contributed by atoms with Crippen LogP contribution in [0.1, 0.15) is 55.7 Å². The van der Waals surface area contributed by atoms with Gasteiger partial charge in [0.25, 0.3) is 0 Å². The number of rotatable bonds is 3. The van der Waals surface area contributed by atoms with Crippen LogP contribution in [0.25, 0.3) is 0 Å². The summed E-state index contributed by atoms with van der Waals surface area (Å²) >= 11 is 0. The average Bonchev–Trinajstić information content (AvgIpc) is 2.71. The monoisotopic (exact) mass is 403 g/mol. The van der Waals surface area contributed by atoms with Crippen LogP contribution < -0.4 is 10.1 Å². The zero-order valence-corrected chi connectivity index (χ0v) is 16.3. The Balaban J connectivity index is 1.63. The van der Waals surface area contributed by atoms with E-state index in [2.05, 4.69) is 12.2 Å². The van der Waals surface area contributed by atoms with Crippen molar-refractivity contribution in [2.24, 2.45) is 11.8 Å². The van der Waals surface area contributed by atoms with E-state index in [1.807, 2.05) is 12.1 Å². The van der Waals surface area contributed by atoms with Crippen molar-refractivity contribution in [3.05, 3.63) is 53.1 Å². The number of benzene rings is 2. The molecule has 4 rings (SSSR count). The Hall–Kier alpha value is -2.50. The van der Waals surface area contributed by atoms with Crippen molar-refractivity contribution in [1.82, 2.24) is 0 Å². The maximum atomic E-state index is 13.4. The van der Waals surface area contributed by atoms with Crippen LogP contribution in [-0.2, 0) is 17.4 Å². The molecule has 154 valence electrons. The van der Waals surface area contributed by atoms with Gasteiger partial charge in [0.05, 0.1) is 5.56 Å². The highest BCUT2D eigenvalue weighted by Gasteiger charge is 2.34. The number of carbonyl (C=O) groups is 1. The summed E-state index contributed by atoms with van der Waals surface area (Å²) in [5.74, 6) is 1.00. The minimum atomic E-state index is -4.52. The number of carbonyl (C=O) groups excluding carboxylic acids is 1. The van der Waals surface area contributed by atoms with E-state index in [1.165, 1.54) is 0 Å². The molecule has 1 saturated carbocycles. The van der Waals surface area contributed by atoms with Crippen molar-refractivity contribution in [2.45, 2.75) is 51.6 Å². The standard InChI is InChI=1S/C23H24F3NO2/c1-2-14-7-9-15(10-8-14)22(28)27-19-12-17(23(24,25)26)13-21-18(19)11-16-5-3-4-6-20(16)29-21/h3-6,12-15H,2,7-11H2,1H3,(H,27,28). The number of halogens is 3. The second kappa shape index (κ2) is 7.73. The number of hydrogen-bond donors (Lipinski definition) is 1. The van der Waals surface area contributed by atoms with Crippen molar-refractivity contribution in [1.29, 1.82) is 0 Å². The third-order valence-corrected chi connectivity index (χ3v) is 6.15. The summed E-state index contributed by atoms with van der Waals surface area (Å²) < 4.78 is 46.1. The van der Waals surface area contributed by atoms with Crippen molar-refractivity contribution in [3.8, 4) is 11.5 Å². The van der Waals surface area contributed by atoms with Gasteiger partial charge in [0.15, 0.2) is 0 Å². The Kier molecular flexibility index (Phi) is 5.28. The van der Waals surface area contributed by atoms with E-state index in [-0.39, 0.29) is 23.3 Å². The number of anilines is 1. The molecule has 1 aliphatic heterocycles. The predicted molar refractivity (Wildman–Crippen MR) is 105 cm³/mol. The molecule has 3 nitrogen and oxygen atoms in total. The summed E-state index contributed by atoms with van der Waals surface area (Å²) in [4.78, 5) is 12.8. The van der Waals surface area contributed by atoms with Gasteiger partial charge < -0.3 is 10.1 Å². The van der Waals surface area contributed by atoms with Gasteiger partial charge in [0.2, 0.25) is 5.91 Å². The van der Waals surface area contributed by atoms with E-state index in [9.17, 15) is 18.0 Å². The first-order chi connectivity index (χ1) is 13.8. The lowest BCUT2D eigenvalue weighted by atomic mass is 9.80. The molecule has 6 heteroatoms. The lowest BCUT2D eigenvalue weighted by Gasteiger charge is -2.28. The van der Waals surface area contributed by atoms with Crippen LogP contribution in [0.3, 0.4) is 0 Å². The average molecular weight is 403 g/mol. The molecule has 1 heterocycles.